The molecule has 9 heteroatoms. The number of halogens is 1. The van der Waals surface area contributed by atoms with Gasteiger partial charge in [0.05, 0.1) is 0 Å². The van der Waals surface area contributed by atoms with Crippen LogP contribution in [0.25, 0.3) is 0 Å². The maximum atomic E-state index is 13.2. The van der Waals surface area contributed by atoms with Gasteiger partial charge in [-0.3, -0.25) is 19.8 Å². The summed E-state index contributed by atoms with van der Waals surface area (Å²) in [6.45, 7) is 13.2. The van der Waals surface area contributed by atoms with Gasteiger partial charge in [0.15, 0.2) is 0 Å². The molecule has 0 radical (unpaired) electrons. The molecule has 1 aromatic heterocycles. The number of ketones is 1. The molecule has 2 aliphatic heterocycles. The maximum absolute atomic E-state index is 13.2. The summed E-state index contributed by atoms with van der Waals surface area (Å²) in [6.07, 6.45) is 4.69. The lowest BCUT2D eigenvalue weighted by Gasteiger charge is -2.37. The minimum atomic E-state index is -0.575. The fourth-order valence-electron chi connectivity index (χ4n) is 5.27. The lowest BCUT2D eigenvalue weighted by Crippen LogP contribution is -2.46. The molecule has 2 aliphatic rings. The molecule has 2 fully saturated rings. The number of carbonyl (C=O) groups is 3. The topological polar surface area (TPSA) is 91.8 Å². The Labute approximate surface area is 249 Å². The third-order valence-corrected chi connectivity index (χ3v) is 7.60. The van der Waals surface area contributed by atoms with Crippen molar-refractivity contribution in [3.63, 3.8) is 0 Å². The molecule has 2 saturated heterocycles. The molecule has 4 rings (SSSR count). The predicted molar refractivity (Wildman–Crippen MR) is 163 cm³/mol. The number of likely N-dealkylation sites (tertiary alicyclic amines) is 2. The van der Waals surface area contributed by atoms with Gasteiger partial charge < -0.3 is 9.64 Å². The number of pyridine rings is 1. The number of rotatable bonds is 7. The Kier molecular flexibility index (Phi) is 12.2. The van der Waals surface area contributed by atoms with Crippen LogP contribution in [0.2, 0.25) is 5.02 Å². The first kappa shape index (κ1) is 32.5. The lowest BCUT2D eigenvalue weighted by molar-refractivity contribution is -0.140. The van der Waals surface area contributed by atoms with Crippen molar-refractivity contribution in [2.45, 2.75) is 78.9 Å². The highest BCUT2D eigenvalue weighted by Crippen LogP contribution is 2.26. The number of aromatic nitrogens is 1. The number of Topliss-reactive ketones (excluding diaryl/α,β-unsaturated/α-hetero) is 1. The van der Waals surface area contributed by atoms with Crippen LogP contribution in [-0.2, 0) is 27.3 Å². The van der Waals surface area contributed by atoms with Gasteiger partial charge in [0.2, 0.25) is 5.91 Å². The first-order chi connectivity index (χ1) is 19.6. The molecule has 2 aromatic rings. The Balaban J connectivity index is 0.00000226. The van der Waals surface area contributed by atoms with Gasteiger partial charge in [0.25, 0.3) is 0 Å². The second-order valence-corrected chi connectivity index (χ2v) is 12.0. The second-order valence-electron chi connectivity index (χ2n) is 11.6. The summed E-state index contributed by atoms with van der Waals surface area (Å²) in [4.78, 5) is 46.6. The summed E-state index contributed by atoms with van der Waals surface area (Å²) in [5.41, 5.74) is 1.46. The predicted octanol–water partition coefficient (Wildman–Crippen LogP) is 6.37. The van der Waals surface area contributed by atoms with Crippen LogP contribution in [0, 0.1) is 11.8 Å². The van der Waals surface area contributed by atoms with E-state index in [-0.39, 0.29) is 23.5 Å². The molecule has 0 bridgehead atoms. The van der Waals surface area contributed by atoms with Crippen LogP contribution >= 0.6 is 11.6 Å². The Bertz CT molecular complexity index is 1150. The third-order valence-electron chi connectivity index (χ3n) is 7.35. The number of benzene rings is 1. The second kappa shape index (κ2) is 15.3. The number of carbonyl (C=O) groups excluding carboxylic acids is 3. The van der Waals surface area contributed by atoms with Crippen LogP contribution in [0.15, 0.2) is 42.6 Å². The van der Waals surface area contributed by atoms with Crippen molar-refractivity contribution in [2.24, 2.45) is 11.8 Å². The van der Waals surface area contributed by atoms with E-state index in [4.69, 9.17) is 16.3 Å². The normalized spacial score (nSPS) is 16.9. The van der Waals surface area contributed by atoms with Gasteiger partial charge in [0, 0.05) is 49.1 Å². The van der Waals surface area contributed by atoms with E-state index in [2.05, 4.69) is 15.2 Å². The summed E-state index contributed by atoms with van der Waals surface area (Å²) in [7, 11) is 0. The number of hydrogen-bond donors (Lipinski definition) is 1. The minimum absolute atomic E-state index is 0.0154. The molecular formula is C32H45ClN4O4. The van der Waals surface area contributed by atoms with Gasteiger partial charge >= 0.3 is 6.09 Å². The summed E-state index contributed by atoms with van der Waals surface area (Å²) < 4.78 is 5.30. The average Bonchev–Trinajstić information content (AvgIpc) is 2.94. The van der Waals surface area contributed by atoms with Gasteiger partial charge in [-0.15, -0.1) is 0 Å². The van der Waals surface area contributed by atoms with Crippen LogP contribution in [-0.4, -0.2) is 64.3 Å². The van der Waals surface area contributed by atoms with Crippen LogP contribution in [0.3, 0.4) is 0 Å². The Morgan fingerprint density at radius 1 is 0.927 bits per heavy atom. The van der Waals surface area contributed by atoms with Crippen molar-refractivity contribution in [1.82, 2.24) is 14.8 Å². The molecule has 8 nitrogen and oxygen atoms in total. The highest BCUT2D eigenvalue weighted by molar-refractivity contribution is 6.30. The van der Waals surface area contributed by atoms with Crippen molar-refractivity contribution in [3.05, 3.63) is 58.7 Å². The van der Waals surface area contributed by atoms with Crippen molar-refractivity contribution in [1.29, 1.82) is 0 Å². The number of amides is 2. The smallest absolute Gasteiger partial charge is 0.413 e. The molecule has 0 spiro atoms. The number of nitrogens with one attached hydrogen (secondary N) is 1. The third kappa shape index (κ3) is 10.4. The Morgan fingerprint density at radius 3 is 2.15 bits per heavy atom. The van der Waals surface area contributed by atoms with Crippen LogP contribution < -0.4 is 5.32 Å². The van der Waals surface area contributed by atoms with Crippen LogP contribution in [0.5, 0.6) is 0 Å². The van der Waals surface area contributed by atoms with E-state index in [1.54, 1.807) is 6.20 Å². The summed E-state index contributed by atoms with van der Waals surface area (Å²) in [6, 6.07) is 11.2. The summed E-state index contributed by atoms with van der Waals surface area (Å²) in [5.74, 6) is 0.984. The van der Waals surface area contributed by atoms with E-state index in [0.717, 1.165) is 56.4 Å². The molecular weight excluding hydrogens is 540 g/mol. The fourth-order valence-corrected chi connectivity index (χ4v) is 5.40. The number of piperidine rings is 2. The van der Waals surface area contributed by atoms with Crippen LogP contribution in [0.4, 0.5) is 10.6 Å². The Morgan fingerprint density at radius 2 is 1.54 bits per heavy atom. The largest absolute Gasteiger partial charge is 0.444 e. The minimum Gasteiger partial charge on any atom is -0.444 e. The van der Waals surface area contributed by atoms with E-state index in [9.17, 15) is 14.4 Å². The van der Waals surface area contributed by atoms with E-state index in [1.165, 1.54) is 0 Å². The van der Waals surface area contributed by atoms with Crippen molar-refractivity contribution in [2.75, 3.05) is 31.5 Å². The first-order valence-electron chi connectivity index (χ1n) is 14.8. The SMILES string of the molecule is CC.CC(C)(C)OC(=O)Nc1cc(CN2CCC(C(=O)N3CCC(C(=O)Cc4ccc(Cl)cc4)CC3)CC2)ccn1. The monoisotopic (exact) mass is 584 g/mol. The molecule has 1 aromatic carbocycles. The fraction of sp³-hybridized carbons (Fsp3) is 0.562. The summed E-state index contributed by atoms with van der Waals surface area (Å²) in [5, 5.41) is 3.36. The van der Waals surface area contributed by atoms with Crippen molar-refractivity contribution in [3.8, 4) is 0 Å². The van der Waals surface area contributed by atoms with E-state index in [0.29, 0.717) is 30.4 Å². The molecule has 41 heavy (non-hydrogen) atoms. The van der Waals surface area contributed by atoms with Crippen LogP contribution in [0.1, 0.15) is 71.4 Å². The molecule has 3 heterocycles. The highest BCUT2D eigenvalue weighted by atomic mass is 35.5. The molecule has 0 saturated carbocycles. The molecule has 0 atom stereocenters. The zero-order valence-electron chi connectivity index (χ0n) is 25.1. The average molecular weight is 585 g/mol. The van der Waals surface area contributed by atoms with Gasteiger partial charge in [-0.1, -0.05) is 37.6 Å². The van der Waals surface area contributed by atoms with E-state index in [1.807, 2.05) is 75.9 Å². The molecule has 224 valence electrons. The van der Waals surface area contributed by atoms with E-state index >= 15 is 0 Å². The summed E-state index contributed by atoms with van der Waals surface area (Å²) >= 11 is 5.94. The molecule has 0 unspecified atom stereocenters. The molecule has 0 aliphatic carbocycles. The molecule has 2 amide bonds. The Hall–Kier alpha value is -2.97. The quantitative estimate of drug-likeness (QED) is 0.406. The standard InChI is InChI=1S/C30H39ClN4O4.C2H6/c1-30(2,3)39-29(38)33-27-19-22(8-13-32-27)20-34-14-9-24(10-15-34)28(37)35-16-11-23(12-17-35)26(36)18-21-4-6-25(31)7-5-21;1-2/h4-8,13,19,23-24H,9-12,14-18,20H2,1-3H3,(H,32,33,38);1-2H3. The van der Waals surface area contributed by atoms with Gasteiger partial charge in [-0.25, -0.2) is 9.78 Å². The zero-order chi connectivity index (χ0) is 30.0. The highest BCUT2D eigenvalue weighted by Gasteiger charge is 2.32. The van der Waals surface area contributed by atoms with Crippen molar-refractivity contribution >= 4 is 35.2 Å². The van der Waals surface area contributed by atoms with Gasteiger partial charge in [0.1, 0.15) is 17.2 Å². The number of ether oxygens (including phenoxy) is 1. The maximum Gasteiger partial charge on any atom is 0.413 e. The van der Waals surface area contributed by atoms with E-state index < -0.39 is 11.7 Å². The number of hydrogen-bond acceptors (Lipinski definition) is 6. The lowest BCUT2D eigenvalue weighted by atomic mass is 9.88. The van der Waals surface area contributed by atoms with Gasteiger partial charge in [-0.2, -0.15) is 0 Å². The van der Waals surface area contributed by atoms with Crippen molar-refractivity contribution < 1.29 is 19.1 Å². The first-order valence-corrected chi connectivity index (χ1v) is 15.2. The number of nitrogens with zero attached hydrogens (tertiary/aromatic N) is 3. The molecule has 1 N–H and O–H groups in total. The number of anilines is 1. The zero-order valence-corrected chi connectivity index (χ0v) is 25.9. The van der Waals surface area contributed by atoms with Gasteiger partial charge in [-0.05, 0) is 94.9 Å².